The summed E-state index contributed by atoms with van der Waals surface area (Å²) in [7, 11) is 0. The Kier molecular flexibility index (Phi) is 6.62. The summed E-state index contributed by atoms with van der Waals surface area (Å²) < 4.78 is 0. The summed E-state index contributed by atoms with van der Waals surface area (Å²) in [6, 6.07) is 14.0. The molecule has 0 spiro atoms. The fourth-order valence-corrected chi connectivity index (χ4v) is 4.30. The number of benzene rings is 2. The molecule has 8 nitrogen and oxygen atoms in total. The Labute approximate surface area is 192 Å². The zero-order valence-electron chi connectivity index (χ0n) is 17.9. The van der Waals surface area contributed by atoms with E-state index < -0.39 is 0 Å². The number of hydrogen-bond acceptors (Lipinski definition) is 4. The molecule has 1 atom stereocenters. The van der Waals surface area contributed by atoms with Crippen molar-refractivity contribution in [1.29, 1.82) is 0 Å². The summed E-state index contributed by atoms with van der Waals surface area (Å²) >= 11 is 5.98. The van der Waals surface area contributed by atoms with Gasteiger partial charge in [-0.1, -0.05) is 29.8 Å². The van der Waals surface area contributed by atoms with E-state index in [2.05, 4.69) is 10.6 Å². The van der Waals surface area contributed by atoms with Crippen molar-refractivity contribution in [3.63, 3.8) is 0 Å². The highest BCUT2D eigenvalue weighted by atomic mass is 35.5. The molecule has 4 amide bonds. The van der Waals surface area contributed by atoms with E-state index in [1.54, 1.807) is 34.1 Å². The van der Waals surface area contributed by atoms with Crippen molar-refractivity contribution in [2.45, 2.75) is 19.4 Å². The van der Waals surface area contributed by atoms with Gasteiger partial charge in [-0.25, -0.2) is 4.79 Å². The molecule has 0 saturated carbocycles. The van der Waals surface area contributed by atoms with E-state index in [1.165, 1.54) is 0 Å². The van der Waals surface area contributed by atoms with E-state index in [-0.39, 0.29) is 36.9 Å². The molecule has 0 aromatic heterocycles. The van der Waals surface area contributed by atoms with Gasteiger partial charge in [0.05, 0.1) is 17.9 Å². The van der Waals surface area contributed by atoms with E-state index in [9.17, 15) is 14.4 Å². The van der Waals surface area contributed by atoms with Crippen LogP contribution in [-0.4, -0.2) is 66.4 Å². The van der Waals surface area contributed by atoms with Gasteiger partial charge in [-0.3, -0.25) is 14.5 Å². The maximum atomic E-state index is 13.2. The minimum Gasteiger partial charge on any atom is -0.324 e. The van der Waals surface area contributed by atoms with E-state index in [0.29, 0.717) is 42.6 Å². The Morgan fingerprint density at radius 3 is 2.59 bits per heavy atom. The van der Waals surface area contributed by atoms with Gasteiger partial charge >= 0.3 is 6.03 Å². The predicted octanol–water partition coefficient (Wildman–Crippen LogP) is 3.25. The quantitative estimate of drug-likeness (QED) is 0.744. The predicted molar refractivity (Wildman–Crippen MR) is 125 cm³/mol. The number of rotatable bonds is 3. The number of carbonyl (C=O) groups is 3. The second-order valence-electron chi connectivity index (χ2n) is 8.09. The van der Waals surface area contributed by atoms with Crippen molar-refractivity contribution in [1.82, 2.24) is 9.80 Å². The Hall–Kier alpha value is -3.10. The molecule has 2 aliphatic heterocycles. The van der Waals surface area contributed by atoms with E-state index in [1.807, 2.05) is 36.1 Å². The van der Waals surface area contributed by atoms with Gasteiger partial charge in [0.15, 0.2) is 0 Å². The lowest BCUT2D eigenvalue weighted by Gasteiger charge is -2.36. The molecule has 0 aliphatic carbocycles. The van der Waals surface area contributed by atoms with E-state index in [0.717, 1.165) is 5.69 Å². The lowest BCUT2D eigenvalue weighted by atomic mass is 10.1. The van der Waals surface area contributed by atoms with Crippen LogP contribution in [0.25, 0.3) is 0 Å². The van der Waals surface area contributed by atoms with Gasteiger partial charge in [0.25, 0.3) is 0 Å². The van der Waals surface area contributed by atoms with Crippen LogP contribution in [0.5, 0.6) is 0 Å². The molecule has 0 bridgehead atoms. The first-order chi connectivity index (χ1) is 15.4. The number of hydrogen-bond donors (Lipinski definition) is 2. The molecule has 2 heterocycles. The minimum absolute atomic E-state index is 0.0571. The van der Waals surface area contributed by atoms with Crippen LogP contribution < -0.4 is 15.5 Å². The molecule has 9 heteroatoms. The summed E-state index contributed by atoms with van der Waals surface area (Å²) in [4.78, 5) is 43.4. The summed E-state index contributed by atoms with van der Waals surface area (Å²) in [5.41, 5.74) is 2.02. The summed E-state index contributed by atoms with van der Waals surface area (Å²) in [6.45, 7) is 4.34. The van der Waals surface area contributed by atoms with Crippen LogP contribution in [0.4, 0.5) is 21.9 Å². The van der Waals surface area contributed by atoms with E-state index in [4.69, 9.17) is 11.6 Å². The van der Waals surface area contributed by atoms with Crippen molar-refractivity contribution < 1.29 is 14.4 Å². The second kappa shape index (κ2) is 9.58. The fraction of sp³-hybridized carbons (Fsp3) is 0.348. The zero-order chi connectivity index (χ0) is 22.7. The minimum atomic E-state index is -0.240. The lowest BCUT2D eigenvalue weighted by molar-refractivity contribution is -0.120. The highest BCUT2D eigenvalue weighted by Gasteiger charge is 2.31. The normalized spacial score (nSPS) is 19.1. The van der Waals surface area contributed by atoms with Gasteiger partial charge in [-0.05, 0) is 37.3 Å². The summed E-state index contributed by atoms with van der Waals surface area (Å²) in [5.74, 6) is -0.155. The topological polar surface area (TPSA) is 85.0 Å². The third-order valence-electron chi connectivity index (χ3n) is 5.72. The van der Waals surface area contributed by atoms with Crippen LogP contribution in [0.3, 0.4) is 0 Å². The summed E-state index contributed by atoms with van der Waals surface area (Å²) in [6.07, 6.45) is 0.248. The van der Waals surface area contributed by atoms with Crippen molar-refractivity contribution in [2.24, 2.45) is 0 Å². The number of fused-ring (bicyclic) bond motifs is 1. The van der Waals surface area contributed by atoms with Crippen LogP contribution in [0.2, 0.25) is 5.02 Å². The maximum absolute atomic E-state index is 13.2. The van der Waals surface area contributed by atoms with Gasteiger partial charge < -0.3 is 20.4 Å². The number of amides is 4. The largest absolute Gasteiger partial charge is 0.324 e. The molecule has 4 rings (SSSR count). The van der Waals surface area contributed by atoms with Crippen molar-refractivity contribution in [3.8, 4) is 0 Å². The molecule has 2 aromatic carbocycles. The first-order valence-corrected chi connectivity index (χ1v) is 11.0. The molecule has 2 aromatic rings. The van der Waals surface area contributed by atoms with Crippen molar-refractivity contribution in [3.05, 3.63) is 53.6 Å². The third kappa shape index (κ3) is 5.03. The Morgan fingerprint density at radius 2 is 1.84 bits per heavy atom. The number of para-hydroxylation sites is 2. The molecule has 1 unspecified atom stereocenters. The molecule has 32 heavy (non-hydrogen) atoms. The molecular weight excluding hydrogens is 430 g/mol. The standard InChI is InChI=1S/C23H26ClN5O3/c1-16-13-21(30)26-19-7-2-3-8-20(19)29(16)22(31)15-27-9-11-28(12-10-27)23(32)25-18-6-4-5-17(24)14-18/h2-8,14,16H,9-13,15H2,1H3,(H,25,32)(H,26,30). The number of halogens is 1. The molecule has 1 saturated heterocycles. The monoisotopic (exact) mass is 455 g/mol. The van der Waals surface area contributed by atoms with Crippen molar-refractivity contribution in [2.75, 3.05) is 48.3 Å². The Balaban J connectivity index is 1.35. The molecule has 2 N–H and O–H groups in total. The van der Waals surface area contributed by atoms with Gasteiger partial charge in [-0.15, -0.1) is 0 Å². The number of nitrogens with zero attached hydrogens (tertiary/aromatic N) is 3. The van der Waals surface area contributed by atoms with Crippen LogP contribution in [0.1, 0.15) is 13.3 Å². The van der Waals surface area contributed by atoms with E-state index >= 15 is 0 Å². The third-order valence-corrected chi connectivity index (χ3v) is 5.96. The Morgan fingerprint density at radius 1 is 1.09 bits per heavy atom. The van der Waals surface area contributed by atoms with Gasteiger partial charge in [0, 0.05) is 49.4 Å². The number of urea groups is 1. The van der Waals surface area contributed by atoms with Gasteiger partial charge in [0.1, 0.15) is 0 Å². The van der Waals surface area contributed by atoms with Crippen LogP contribution in [0, 0.1) is 0 Å². The first kappa shape index (κ1) is 22.1. The fourth-order valence-electron chi connectivity index (χ4n) is 4.11. The number of carbonyl (C=O) groups excluding carboxylic acids is 3. The molecule has 2 aliphatic rings. The summed E-state index contributed by atoms with van der Waals surface area (Å²) in [5, 5.41) is 6.30. The lowest BCUT2D eigenvalue weighted by Crippen LogP contribution is -2.53. The van der Waals surface area contributed by atoms with Gasteiger partial charge in [-0.2, -0.15) is 0 Å². The average molecular weight is 456 g/mol. The number of nitrogens with one attached hydrogen (secondary N) is 2. The highest BCUT2D eigenvalue weighted by molar-refractivity contribution is 6.30. The number of piperazine rings is 1. The Bertz CT molecular complexity index is 1020. The average Bonchev–Trinajstić information content (AvgIpc) is 2.88. The highest BCUT2D eigenvalue weighted by Crippen LogP contribution is 2.31. The molecule has 0 radical (unpaired) electrons. The zero-order valence-corrected chi connectivity index (χ0v) is 18.6. The first-order valence-electron chi connectivity index (χ1n) is 10.7. The number of anilines is 3. The van der Waals surface area contributed by atoms with Crippen LogP contribution in [0.15, 0.2) is 48.5 Å². The van der Waals surface area contributed by atoms with Crippen molar-refractivity contribution >= 4 is 46.5 Å². The second-order valence-corrected chi connectivity index (χ2v) is 8.52. The van der Waals surface area contributed by atoms with Crippen LogP contribution in [-0.2, 0) is 9.59 Å². The molecule has 1 fully saturated rings. The SMILES string of the molecule is CC1CC(=O)Nc2ccccc2N1C(=O)CN1CCN(C(=O)Nc2cccc(Cl)c2)CC1. The molecule has 168 valence electrons. The smallest absolute Gasteiger partial charge is 0.321 e. The molecular formula is C23H26ClN5O3. The maximum Gasteiger partial charge on any atom is 0.321 e. The van der Waals surface area contributed by atoms with Crippen LogP contribution >= 0.6 is 11.6 Å². The van der Waals surface area contributed by atoms with Gasteiger partial charge in [0.2, 0.25) is 11.8 Å².